The van der Waals surface area contributed by atoms with Crippen molar-refractivity contribution in [1.29, 1.82) is 0 Å². The van der Waals surface area contributed by atoms with E-state index in [0.717, 1.165) is 5.56 Å². The highest BCUT2D eigenvalue weighted by molar-refractivity contribution is 5.92. The van der Waals surface area contributed by atoms with Crippen LogP contribution in [0.25, 0.3) is 0 Å². The molecule has 0 saturated heterocycles. The van der Waals surface area contributed by atoms with E-state index in [4.69, 9.17) is 9.63 Å². The molecule has 0 fully saturated rings. The Morgan fingerprint density at radius 3 is 2.90 bits per heavy atom. The Labute approximate surface area is 120 Å². The van der Waals surface area contributed by atoms with E-state index in [1.807, 2.05) is 13.1 Å². The fraction of sp³-hybridized carbons (Fsp3) is 0.385. The van der Waals surface area contributed by atoms with E-state index in [-0.39, 0.29) is 12.2 Å². The van der Waals surface area contributed by atoms with Gasteiger partial charge in [-0.15, -0.1) is 0 Å². The predicted molar refractivity (Wildman–Crippen MR) is 71.7 cm³/mol. The van der Waals surface area contributed by atoms with Crippen LogP contribution in [0.2, 0.25) is 0 Å². The van der Waals surface area contributed by atoms with Crippen LogP contribution in [0.15, 0.2) is 23.0 Å². The molecule has 0 aliphatic heterocycles. The standard InChI is InChI=1S/C13H16N4O4/c1-8-4-15-17(6-8)7-10-3-11(16-21-10)12(18)14-5-9(2)13(19)20/h3-4,6,9H,5,7H2,1-2H3,(H,14,18)(H,19,20). The molecule has 0 bridgehead atoms. The van der Waals surface area contributed by atoms with Gasteiger partial charge in [-0.25, -0.2) is 0 Å². The number of nitrogens with zero attached hydrogens (tertiary/aromatic N) is 3. The number of rotatable bonds is 6. The van der Waals surface area contributed by atoms with Crippen LogP contribution in [0.1, 0.15) is 28.7 Å². The maximum absolute atomic E-state index is 11.8. The van der Waals surface area contributed by atoms with E-state index in [1.54, 1.807) is 10.9 Å². The third-order valence-electron chi connectivity index (χ3n) is 2.86. The zero-order valence-electron chi connectivity index (χ0n) is 11.7. The van der Waals surface area contributed by atoms with Crippen LogP contribution in [0.4, 0.5) is 0 Å². The summed E-state index contributed by atoms with van der Waals surface area (Å²) in [4.78, 5) is 22.5. The summed E-state index contributed by atoms with van der Waals surface area (Å²) in [6.45, 7) is 3.84. The van der Waals surface area contributed by atoms with Gasteiger partial charge in [-0.05, 0) is 12.5 Å². The third-order valence-corrected chi connectivity index (χ3v) is 2.86. The number of aliphatic carboxylic acids is 1. The molecule has 1 unspecified atom stereocenters. The number of carboxylic acid groups (broad SMARTS) is 1. The molecule has 2 rings (SSSR count). The topological polar surface area (TPSA) is 110 Å². The van der Waals surface area contributed by atoms with Crippen molar-refractivity contribution in [2.24, 2.45) is 5.92 Å². The molecular formula is C13H16N4O4. The van der Waals surface area contributed by atoms with Gasteiger partial charge in [0.25, 0.3) is 5.91 Å². The fourth-order valence-corrected chi connectivity index (χ4v) is 1.63. The first-order valence-electron chi connectivity index (χ1n) is 6.41. The monoisotopic (exact) mass is 292 g/mol. The summed E-state index contributed by atoms with van der Waals surface area (Å²) in [5, 5.41) is 19.0. The lowest BCUT2D eigenvalue weighted by Gasteiger charge is -2.06. The number of hydrogen-bond donors (Lipinski definition) is 2. The van der Waals surface area contributed by atoms with E-state index in [1.165, 1.54) is 13.0 Å². The first-order chi connectivity index (χ1) is 9.95. The molecule has 1 amide bonds. The number of nitrogens with one attached hydrogen (secondary N) is 1. The second-order valence-electron chi connectivity index (χ2n) is 4.84. The zero-order chi connectivity index (χ0) is 15.4. The number of aryl methyl sites for hydroxylation is 1. The minimum atomic E-state index is -0.967. The van der Waals surface area contributed by atoms with Crippen molar-refractivity contribution in [3.8, 4) is 0 Å². The number of aromatic nitrogens is 3. The van der Waals surface area contributed by atoms with Crippen LogP contribution in [-0.4, -0.2) is 38.5 Å². The van der Waals surface area contributed by atoms with Crippen molar-refractivity contribution >= 4 is 11.9 Å². The van der Waals surface area contributed by atoms with Gasteiger partial charge in [0, 0.05) is 18.8 Å². The summed E-state index contributed by atoms with van der Waals surface area (Å²) in [5.74, 6) is -1.60. The highest BCUT2D eigenvalue weighted by Gasteiger charge is 2.16. The van der Waals surface area contributed by atoms with Crippen molar-refractivity contribution in [2.75, 3.05) is 6.54 Å². The summed E-state index contributed by atoms with van der Waals surface area (Å²) >= 11 is 0. The Balaban J connectivity index is 1.93. The Morgan fingerprint density at radius 2 is 2.29 bits per heavy atom. The molecule has 1 atom stereocenters. The van der Waals surface area contributed by atoms with E-state index >= 15 is 0 Å². The summed E-state index contributed by atoms with van der Waals surface area (Å²) in [7, 11) is 0. The molecule has 21 heavy (non-hydrogen) atoms. The first-order valence-corrected chi connectivity index (χ1v) is 6.41. The summed E-state index contributed by atoms with van der Waals surface area (Å²) in [6, 6.07) is 1.51. The average Bonchev–Trinajstić information content (AvgIpc) is 3.05. The number of amides is 1. The Hall–Kier alpha value is -2.64. The fourth-order valence-electron chi connectivity index (χ4n) is 1.63. The molecule has 2 aromatic heterocycles. The minimum Gasteiger partial charge on any atom is -0.481 e. The highest BCUT2D eigenvalue weighted by Crippen LogP contribution is 2.07. The maximum Gasteiger partial charge on any atom is 0.308 e. The molecule has 112 valence electrons. The molecule has 2 heterocycles. The second-order valence-corrected chi connectivity index (χ2v) is 4.84. The Morgan fingerprint density at radius 1 is 1.52 bits per heavy atom. The SMILES string of the molecule is Cc1cnn(Cc2cc(C(=O)NCC(C)C(=O)O)no2)c1. The van der Waals surface area contributed by atoms with E-state index < -0.39 is 17.8 Å². The first kappa shape index (κ1) is 14.8. The molecule has 0 aliphatic carbocycles. The normalized spacial score (nSPS) is 12.1. The van der Waals surface area contributed by atoms with Crippen LogP contribution < -0.4 is 5.32 Å². The van der Waals surface area contributed by atoms with Crippen molar-refractivity contribution in [3.63, 3.8) is 0 Å². The minimum absolute atomic E-state index is 0.0364. The van der Waals surface area contributed by atoms with Crippen molar-refractivity contribution < 1.29 is 19.2 Å². The highest BCUT2D eigenvalue weighted by atomic mass is 16.5. The smallest absolute Gasteiger partial charge is 0.308 e. The molecule has 0 aliphatic rings. The van der Waals surface area contributed by atoms with Gasteiger partial charge in [-0.1, -0.05) is 12.1 Å². The van der Waals surface area contributed by atoms with Crippen LogP contribution in [0.3, 0.4) is 0 Å². The molecule has 0 radical (unpaired) electrons. The van der Waals surface area contributed by atoms with Crippen LogP contribution >= 0.6 is 0 Å². The molecule has 8 nitrogen and oxygen atoms in total. The van der Waals surface area contributed by atoms with Gasteiger partial charge in [-0.2, -0.15) is 5.10 Å². The summed E-state index contributed by atoms with van der Waals surface area (Å²) in [5.41, 5.74) is 1.14. The molecule has 0 aromatic carbocycles. The Kier molecular flexibility index (Phi) is 4.36. The van der Waals surface area contributed by atoms with Gasteiger partial charge in [0.1, 0.15) is 6.54 Å². The quantitative estimate of drug-likeness (QED) is 0.810. The van der Waals surface area contributed by atoms with E-state index in [9.17, 15) is 9.59 Å². The second kappa shape index (κ2) is 6.21. The number of carboxylic acids is 1. The van der Waals surface area contributed by atoms with Gasteiger partial charge >= 0.3 is 5.97 Å². The van der Waals surface area contributed by atoms with Crippen LogP contribution in [0.5, 0.6) is 0 Å². The lowest BCUT2D eigenvalue weighted by Crippen LogP contribution is -2.31. The van der Waals surface area contributed by atoms with Gasteiger partial charge in [0.05, 0.1) is 12.1 Å². The Bertz CT molecular complexity index is 646. The van der Waals surface area contributed by atoms with Gasteiger partial charge in [-0.3, -0.25) is 14.3 Å². The van der Waals surface area contributed by atoms with Gasteiger partial charge in [0.15, 0.2) is 11.5 Å². The van der Waals surface area contributed by atoms with E-state index in [0.29, 0.717) is 12.3 Å². The van der Waals surface area contributed by atoms with Gasteiger partial charge in [0.2, 0.25) is 0 Å². The lowest BCUT2D eigenvalue weighted by atomic mass is 10.2. The summed E-state index contributed by atoms with van der Waals surface area (Å²) in [6.07, 6.45) is 3.56. The van der Waals surface area contributed by atoms with Crippen molar-refractivity contribution in [3.05, 3.63) is 35.5 Å². The molecule has 0 saturated carbocycles. The average molecular weight is 292 g/mol. The van der Waals surface area contributed by atoms with Crippen molar-refractivity contribution in [2.45, 2.75) is 20.4 Å². The third kappa shape index (κ3) is 3.91. The number of carbonyl (C=O) groups is 2. The summed E-state index contributed by atoms with van der Waals surface area (Å²) < 4.78 is 6.74. The maximum atomic E-state index is 11.8. The largest absolute Gasteiger partial charge is 0.481 e. The van der Waals surface area contributed by atoms with Gasteiger partial charge < -0.3 is 14.9 Å². The predicted octanol–water partition coefficient (Wildman–Crippen LogP) is 0.678. The van der Waals surface area contributed by atoms with E-state index in [2.05, 4.69) is 15.6 Å². The molecule has 2 aromatic rings. The van der Waals surface area contributed by atoms with Crippen molar-refractivity contribution in [1.82, 2.24) is 20.3 Å². The molecule has 2 N–H and O–H groups in total. The lowest BCUT2D eigenvalue weighted by molar-refractivity contribution is -0.140. The number of carbonyl (C=O) groups excluding carboxylic acids is 1. The molecule has 8 heteroatoms. The zero-order valence-corrected chi connectivity index (χ0v) is 11.7. The number of hydrogen-bond acceptors (Lipinski definition) is 5. The molecule has 0 spiro atoms. The molecular weight excluding hydrogens is 276 g/mol. The van der Waals surface area contributed by atoms with Crippen LogP contribution in [0, 0.1) is 12.8 Å². The van der Waals surface area contributed by atoms with Crippen LogP contribution in [-0.2, 0) is 11.3 Å².